The SMILES string of the molecule is CCCCc1nnc(NC(=O)COc2ccc(C(C)=O)cc2)s1. The van der Waals surface area contributed by atoms with Gasteiger partial charge in [0.25, 0.3) is 5.91 Å². The molecule has 0 spiro atoms. The molecule has 0 aliphatic carbocycles. The Morgan fingerprint density at radius 2 is 1.96 bits per heavy atom. The van der Waals surface area contributed by atoms with Gasteiger partial charge < -0.3 is 4.74 Å². The molecule has 0 unspecified atom stereocenters. The van der Waals surface area contributed by atoms with Gasteiger partial charge in [-0.05, 0) is 37.6 Å². The largest absolute Gasteiger partial charge is 0.484 e. The Bertz CT molecular complexity index is 667. The highest BCUT2D eigenvalue weighted by atomic mass is 32.1. The Kier molecular flexibility index (Phi) is 6.22. The van der Waals surface area contributed by atoms with Crippen molar-refractivity contribution in [2.24, 2.45) is 0 Å². The van der Waals surface area contributed by atoms with Crippen LogP contribution in [0.15, 0.2) is 24.3 Å². The number of amides is 1. The number of nitrogens with zero attached hydrogens (tertiary/aromatic N) is 2. The highest BCUT2D eigenvalue weighted by Gasteiger charge is 2.09. The molecule has 0 saturated heterocycles. The summed E-state index contributed by atoms with van der Waals surface area (Å²) in [5, 5.41) is 12.0. The molecular weight excluding hydrogens is 314 g/mol. The van der Waals surface area contributed by atoms with Crippen molar-refractivity contribution in [3.63, 3.8) is 0 Å². The summed E-state index contributed by atoms with van der Waals surface area (Å²) in [6.45, 7) is 3.49. The van der Waals surface area contributed by atoms with Crippen molar-refractivity contribution in [3.05, 3.63) is 34.8 Å². The molecule has 23 heavy (non-hydrogen) atoms. The minimum Gasteiger partial charge on any atom is -0.484 e. The van der Waals surface area contributed by atoms with Crippen molar-refractivity contribution in [1.29, 1.82) is 0 Å². The molecule has 7 heteroatoms. The third-order valence-electron chi connectivity index (χ3n) is 3.09. The lowest BCUT2D eigenvalue weighted by atomic mass is 10.1. The lowest BCUT2D eigenvalue weighted by Gasteiger charge is -2.06. The number of ketones is 1. The van der Waals surface area contributed by atoms with Gasteiger partial charge in [-0.3, -0.25) is 14.9 Å². The van der Waals surface area contributed by atoms with Crippen LogP contribution in [0.1, 0.15) is 42.1 Å². The molecule has 1 heterocycles. The molecule has 0 aliphatic heterocycles. The molecule has 0 fully saturated rings. The summed E-state index contributed by atoms with van der Waals surface area (Å²) < 4.78 is 5.38. The minimum atomic E-state index is -0.293. The van der Waals surface area contributed by atoms with Gasteiger partial charge in [0.05, 0.1) is 0 Å². The molecule has 2 aromatic rings. The summed E-state index contributed by atoms with van der Waals surface area (Å²) in [6.07, 6.45) is 3.03. The lowest BCUT2D eigenvalue weighted by molar-refractivity contribution is -0.118. The Morgan fingerprint density at radius 1 is 1.22 bits per heavy atom. The first-order valence-electron chi connectivity index (χ1n) is 7.44. The highest BCUT2D eigenvalue weighted by molar-refractivity contribution is 7.15. The zero-order valence-electron chi connectivity index (χ0n) is 13.2. The maximum absolute atomic E-state index is 11.8. The Hall–Kier alpha value is -2.28. The van der Waals surface area contributed by atoms with E-state index >= 15 is 0 Å². The van der Waals surface area contributed by atoms with Gasteiger partial charge in [-0.25, -0.2) is 0 Å². The van der Waals surface area contributed by atoms with Gasteiger partial charge in [-0.1, -0.05) is 24.7 Å². The summed E-state index contributed by atoms with van der Waals surface area (Å²) in [6, 6.07) is 6.66. The van der Waals surface area contributed by atoms with E-state index in [1.165, 1.54) is 18.3 Å². The molecule has 0 atom stereocenters. The minimum absolute atomic E-state index is 0.00978. The van der Waals surface area contributed by atoms with Crippen LogP contribution >= 0.6 is 11.3 Å². The summed E-state index contributed by atoms with van der Waals surface area (Å²) in [4.78, 5) is 23.0. The second-order valence-electron chi connectivity index (χ2n) is 5.02. The second kappa shape index (κ2) is 8.38. The third-order valence-corrected chi connectivity index (χ3v) is 3.99. The van der Waals surface area contributed by atoms with Crippen LogP contribution in [0.3, 0.4) is 0 Å². The number of aryl methyl sites for hydroxylation is 1. The van der Waals surface area contributed by atoms with Crippen LogP contribution in [0.5, 0.6) is 5.75 Å². The van der Waals surface area contributed by atoms with Crippen LogP contribution < -0.4 is 10.1 Å². The molecule has 1 amide bonds. The number of hydrogen-bond acceptors (Lipinski definition) is 6. The van der Waals surface area contributed by atoms with E-state index in [1.807, 2.05) is 0 Å². The van der Waals surface area contributed by atoms with Gasteiger partial charge in [-0.15, -0.1) is 10.2 Å². The quantitative estimate of drug-likeness (QED) is 0.751. The van der Waals surface area contributed by atoms with Crippen molar-refractivity contribution < 1.29 is 14.3 Å². The molecule has 1 aromatic carbocycles. The summed E-state index contributed by atoms with van der Waals surface area (Å²) >= 11 is 1.38. The van der Waals surface area contributed by atoms with E-state index in [4.69, 9.17) is 4.74 Å². The first kappa shape index (κ1) is 17.1. The van der Waals surface area contributed by atoms with Crippen LogP contribution in [-0.2, 0) is 11.2 Å². The zero-order chi connectivity index (χ0) is 16.7. The number of carbonyl (C=O) groups excluding carboxylic acids is 2. The van der Waals surface area contributed by atoms with Crippen molar-refractivity contribution in [3.8, 4) is 5.75 Å². The fourth-order valence-corrected chi connectivity index (χ4v) is 2.62. The number of carbonyl (C=O) groups is 2. The fraction of sp³-hybridized carbons (Fsp3) is 0.375. The lowest BCUT2D eigenvalue weighted by Crippen LogP contribution is -2.20. The highest BCUT2D eigenvalue weighted by Crippen LogP contribution is 2.17. The number of aromatic nitrogens is 2. The van der Waals surface area contributed by atoms with Gasteiger partial charge in [-0.2, -0.15) is 0 Å². The Balaban J connectivity index is 1.80. The van der Waals surface area contributed by atoms with Crippen LogP contribution in [0.2, 0.25) is 0 Å². The number of benzene rings is 1. The maximum Gasteiger partial charge on any atom is 0.264 e. The average molecular weight is 333 g/mol. The maximum atomic E-state index is 11.8. The number of unbranched alkanes of at least 4 members (excludes halogenated alkanes) is 1. The van der Waals surface area contributed by atoms with Crippen LogP contribution in [-0.4, -0.2) is 28.5 Å². The molecule has 122 valence electrons. The molecule has 0 bridgehead atoms. The first-order valence-corrected chi connectivity index (χ1v) is 8.26. The molecule has 0 aliphatic rings. The van der Waals surface area contributed by atoms with Gasteiger partial charge in [0.15, 0.2) is 12.4 Å². The first-order chi connectivity index (χ1) is 11.1. The topological polar surface area (TPSA) is 81.2 Å². The summed E-state index contributed by atoms with van der Waals surface area (Å²) in [5.74, 6) is 0.231. The molecule has 1 N–H and O–H groups in total. The monoisotopic (exact) mass is 333 g/mol. The molecule has 0 saturated carbocycles. The van der Waals surface area contributed by atoms with Crippen molar-refractivity contribution in [1.82, 2.24) is 10.2 Å². The van der Waals surface area contributed by atoms with Crippen molar-refractivity contribution in [2.75, 3.05) is 11.9 Å². The number of rotatable bonds is 8. The number of hydrogen-bond donors (Lipinski definition) is 1. The summed E-state index contributed by atoms with van der Waals surface area (Å²) in [7, 11) is 0. The third kappa shape index (κ3) is 5.45. The molecule has 0 radical (unpaired) electrons. The van der Waals surface area contributed by atoms with Crippen molar-refractivity contribution in [2.45, 2.75) is 33.1 Å². The van der Waals surface area contributed by atoms with E-state index in [0.717, 1.165) is 24.3 Å². The molecular formula is C16H19N3O3S. The summed E-state index contributed by atoms with van der Waals surface area (Å²) in [5.41, 5.74) is 0.607. The van der Waals surface area contributed by atoms with E-state index in [9.17, 15) is 9.59 Å². The van der Waals surface area contributed by atoms with Gasteiger partial charge in [0, 0.05) is 12.0 Å². The van der Waals surface area contributed by atoms with E-state index in [2.05, 4.69) is 22.4 Å². The molecule has 1 aromatic heterocycles. The van der Waals surface area contributed by atoms with E-state index < -0.39 is 0 Å². The van der Waals surface area contributed by atoms with E-state index in [1.54, 1.807) is 24.3 Å². The number of ether oxygens (including phenoxy) is 1. The smallest absolute Gasteiger partial charge is 0.264 e. The van der Waals surface area contributed by atoms with Gasteiger partial charge >= 0.3 is 0 Å². The van der Waals surface area contributed by atoms with E-state index in [-0.39, 0.29) is 18.3 Å². The average Bonchev–Trinajstić information content (AvgIpc) is 2.98. The van der Waals surface area contributed by atoms with Crippen LogP contribution in [0.4, 0.5) is 5.13 Å². The second-order valence-corrected chi connectivity index (χ2v) is 6.08. The van der Waals surface area contributed by atoms with Gasteiger partial charge in [0.1, 0.15) is 10.8 Å². The predicted molar refractivity (Wildman–Crippen MR) is 89.1 cm³/mol. The van der Waals surface area contributed by atoms with Crippen LogP contribution in [0.25, 0.3) is 0 Å². The molecule has 2 rings (SSSR count). The van der Waals surface area contributed by atoms with E-state index in [0.29, 0.717) is 16.4 Å². The number of anilines is 1. The van der Waals surface area contributed by atoms with Gasteiger partial charge in [0.2, 0.25) is 5.13 Å². The molecule has 6 nitrogen and oxygen atoms in total. The van der Waals surface area contributed by atoms with Crippen LogP contribution in [0, 0.1) is 0 Å². The normalized spacial score (nSPS) is 10.3. The zero-order valence-corrected chi connectivity index (χ0v) is 14.0. The van der Waals surface area contributed by atoms with Crippen molar-refractivity contribution >= 4 is 28.2 Å². The predicted octanol–water partition coefficient (Wildman–Crippen LogP) is 3.10. The number of Topliss-reactive ketones (excluding diaryl/α,β-unsaturated/α-hetero) is 1. The fourth-order valence-electron chi connectivity index (χ4n) is 1.82. The standard InChI is InChI=1S/C16H19N3O3S/c1-3-4-5-15-18-19-16(23-15)17-14(21)10-22-13-8-6-12(7-9-13)11(2)20/h6-9H,3-5,10H2,1-2H3,(H,17,19,21). The Morgan fingerprint density at radius 3 is 2.61 bits per heavy atom. The Labute approximate surface area is 138 Å². The number of nitrogens with one attached hydrogen (secondary N) is 1.